The van der Waals surface area contributed by atoms with Crippen molar-refractivity contribution in [2.45, 2.75) is 71.3 Å². The van der Waals surface area contributed by atoms with Crippen LogP contribution in [0, 0.1) is 0 Å². The molecule has 0 bridgehead atoms. The molecule has 4 heteroatoms. The maximum absolute atomic E-state index is 5.75. The molecule has 1 saturated carbocycles. The minimum absolute atomic E-state index is 0.314. The van der Waals surface area contributed by atoms with E-state index in [4.69, 9.17) is 4.74 Å². The molecule has 1 N–H and O–H groups in total. The van der Waals surface area contributed by atoms with Gasteiger partial charge in [0.15, 0.2) is 0 Å². The van der Waals surface area contributed by atoms with Gasteiger partial charge in [-0.25, -0.2) is 4.98 Å². The summed E-state index contributed by atoms with van der Waals surface area (Å²) in [5.41, 5.74) is 0. The Morgan fingerprint density at radius 2 is 2.05 bits per heavy atom. The summed E-state index contributed by atoms with van der Waals surface area (Å²) < 4.78 is 5.75. The molecule has 0 radical (unpaired) electrons. The van der Waals surface area contributed by atoms with Crippen LogP contribution in [0.25, 0.3) is 0 Å². The van der Waals surface area contributed by atoms with E-state index in [1.165, 1.54) is 25.7 Å². The second-order valence-electron chi connectivity index (χ2n) is 5.93. The van der Waals surface area contributed by atoms with Gasteiger partial charge in [-0.05, 0) is 19.3 Å². The molecule has 0 saturated heterocycles. The summed E-state index contributed by atoms with van der Waals surface area (Å²) in [6.07, 6.45) is 7.32. The molecule has 4 nitrogen and oxygen atoms in total. The Kier molecular flexibility index (Phi) is 5.62. The lowest BCUT2D eigenvalue weighted by molar-refractivity contribution is 0.296. The van der Waals surface area contributed by atoms with Crippen molar-refractivity contribution >= 4 is 5.82 Å². The van der Waals surface area contributed by atoms with Crippen LogP contribution in [-0.4, -0.2) is 22.6 Å². The van der Waals surface area contributed by atoms with Crippen LogP contribution in [0.3, 0.4) is 0 Å². The Balaban J connectivity index is 2.07. The normalized spacial score (nSPS) is 15.8. The van der Waals surface area contributed by atoms with Gasteiger partial charge in [0, 0.05) is 18.0 Å². The first-order valence-electron chi connectivity index (χ1n) is 7.97. The summed E-state index contributed by atoms with van der Waals surface area (Å²) in [5.74, 6) is 2.80. The first-order valence-corrected chi connectivity index (χ1v) is 7.97. The van der Waals surface area contributed by atoms with Crippen LogP contribution < -0.4 is 10.1 Å². The van der Waals surface area contributed by atoms with E-state index in [0.29, 0.717) is 17.8 Å². The fraction of sp³-hybridized carbons (Fsp3) is 0.750. The second kappa shape index (κ2) is 7.46. The number of nitrogens with one attached hydrogen (secondary N) is 1. The fourth-order valence-electron chi connectivity index (χ4n) is 2.45. The average molecular weight is 277 g/mol. The predicted molar refractivity (Wildman–Crippen MR) is 82.4 cm³/mol. The van der Waals surface area contributed by atoms with E-state index in [2.05, 4.69) is 36.1 Å². The summed E-state index contributed by atoms with van der Waals surface area (Å²) in [7, 11) is 0. The summed E-state index contributed by atoms with van der Waals surface area (Å²) in [4.78, 5) is 9.13. The van der Waals surface area contributed by atoms with Gasteiger partial charge >= 0.3 is 0 Å². The SMILES string of the molecule is CCCCOc1cc(NC2CCCC2)nc(C(C)C)n1. The van der Waals surface area contributed by atoms with E-state index < -0.39 is 0 Å². The monoisotopic (exact) mass is 277 g/mol. The lowest BCUT2D eigenvalue weighted by Gasteiger charge is -2.15. The van der Waals surface area contributed by atoms with Crippen molar-refractivity contribution in [3.05, 3.63) is 11.9 Å². The number of nitrogens with zero attached hydrogens (tertiary/aromatic N) is 2. The average Bonchev–Trinajstić information content (AvgIpc) is 2.91. The van der Waals surface area contributed by atoms with Gasteiger partial charge in [-0.2, -0.15) is 4.98 Å². The Bertz CT molecular complexity index is 414. The highest BCUT2D eigenvalue weighted by Gasteiger charge is 2.16. The van der Waals surface area contributed by atoms with Crippen LogP contribution in [0.15, 0.2) is 6.07 Å². The Morgan fingerprint density at radius 1 is 1.30 bits per heavy atom. The third kappa shape index (κ3) is 4.36. The van der Waals surface area contributed by atoms with Crippen molar-refractivity contribution in [1.82, 2.24) is 9.97 Å². The molecule has 1 aromatic rings. The zero-order chi connectivity index (χ0) is 14.4. The smallest absolute Gasteiger partial charge is 0.218 e. The molecular weight excluding hydrogens is 250 g/mol. The van der Waals surface area contributed by atoms with Crippen LogP contribution in [0.1, 0.15) is 71.0 Å². The summed E-state index contributed by atoms with van der Waals surface area (Å²) in [6.45, 7) is 7.12. The quantitative estimate of drug-likeness (QED) is 0.761. The topological polar surface area (TPSA) is 47.0 Å². The number of aromatic nitrogens is 2. The molecule has 1 aliphatic rings. The highest BCUT2D eigenvalue weighted by atomic mass is 16.5. The van der Waals surface area contributed by atoms with E-state index in [0.717, 1.165) is 31.1 Å². The third-order valence-corrected chi connectivity index (χ3v) is 3.69. The van der Waals surface area contributed by atoms with Crippen molar-refractivity contribution in [3.63, 3.8) is 0 Å². The molecule has 0 unspecified atom stereocenters. The van der Waals surface area contributed by atoms with Crippen molar-refractivity contribution in [2.24, 2.45) is 0 Å². The molecule has 0 aliphatic heterocycles. The van der Waals surface area contributed by atoms with E-state index in [1.54, 1.807) is 0 Å². The summed E-state index contributed by atoms with van der Waals surface area (Å²) in [5, 5.41) is 3.54. The molecule has 0 aromatic carbocycles. The summed E-state index contributed by atoms with van der Waals surface area (Å²) >= 11 is 0. The summed E-state index contributed by atoms with van der Waals surface area (Å²) in [6, 6.07) is 2.51. The van der Waals surface area contributed by atoms with Gasteiger partial charge in [0.1, 0.15) is 11.6 Å². The lowest BCUT2D eigenvalue weighted by atomic mass is 10.2. The maximum atomic E-state index is 5.75. The van der Waals surface area contributed by atoms with Crippen LogP contribution in [0.5, 0.6) is 5.88 Å². The largest absolute Gasteiger partial charge is 0.478 e. The molecule has 0 amide bonds. The van der Waals surface area contributed by atoms with E-state index >= 15 is 0 Å². The van der Waals surface area contributed by atoms with Crippen LogP contribution in [-0.2, 0) is 0 Å². The Morgan fingerprint density at radius 3 is 2.70 bits per heavy atom. The molecule has 1 heterocycles. The first kappa shape index (κ1) is 15.1. The van der Waals surface area contributed by atoms with Crippen molar-refractivity contribution in [3.8, 4) is 5.88 Å². The number of unbranched alkanes of at least 4 members (excludes halogenated alkanes) is 1. The Hall–Kier alpha value is -1.32. The molecule has 0 atom stereocenters. The van der Waals surface area contributed by atoms with Gasteiger partial charge in [-0.3, -0.25) is 0 Å². The number of ether oxygens (including phenoxy) is 1. The predicted octanol–water partition coefficient (Wildman–Crippen LogP) is 4.13. The highest BCUT2D eigenvalue weighted by molar-refractivity contribution is 5.40. The zero-order valence-corrected chi connectivity index (χ0v) is 13.0. The van der Waals surface area contributed by atoms with E-state index in [9.17, 15) is 0 Å². The minimum atomic E-state index is 0.314. The molecule has 1 aromatic heterocycles. The van der Waals surface area contributed by atoms with Crippen LogP contribution in [0.4, 0.5) is 5.82 Å². The maximum Gasteiger partial charge on any atom is 0.218 e. The van der Waals surface area contributed by atoms with Crippen LogP contribution >= 0.6 is 0 Å². The molecule has 2 rings (SSSR count). The van der Waals surface area contributed by atoms with Crippen molar-refractivity contribution in [1.29, 1.82) is 0 Å². The number of anilines is 1. The number of hydrogen-bond donors (Lipinski definition) is 1. The van der Waals surface area contributed by atoms with Gasteiger partial charge in [0.05, 0.1) is 6.61 Å². The Labute approximate surface area is 122 Å². The minimum Gasteiger partial charge on any atom is -0.478 e. The fourth-order valence-corrected chi connectivity index (χ4v) is 2.45. The first-order chi connectivity index (χ1) is 9.69. The molecule has 112 valence electrons. The number of hydrogen-bond acceptors (Lipinski definition) is 4. The van der Waals surface area contributed by atoms with Gasteiger partial charge < -0.3 is 10.1 Å². The standard InChI is InChI=1S/C16H27N3O/c1-4-5-10-20-15-11-14(17-13-8-6-7-9-13)18-16(19-15)12(2)3/h11-13H,4-10H2,1-3H3,(H,17,18,19). The second-order valence-corrected chi connectivity index (χ2v) is 5.93. The van der Waals surface area contributed by atoms with Crippen molar-refractivity contribution < 1.29 is 4.74 Å². The number of rotatable bonds is 7. The molecule has 1 fully saturated rings. The van der Waals surface area contributed by atoms with E-state index in [-0.39, 0.29) is 0 Å². The lowest BCUT2D eigenvalue weighted by Crippen LogP contribution is -2.17. The van der Waals surface area contributed by atoms with Gasteiger partial charge in [0.25, 0.3) is 0 Å². The van der Waals surface area contributed by atoms with Gasteiger partial charge in [-0.1, -0.05) is 40.0 Å². The molecule has 20 heavy (non-hydrogen) atoms. The highest BCUT2D eigenvalue weighted by Crippen LogP contribution is 2.24. The van der Waals surface area contributed by atoms with Crippen molar-refractivity contribution in [2.75, 3.05) is 11.9 Å². The van der Waals surface area contributed by atoms with Gasteiger partial charge in [-0.15, -0.1) is 0 Å². The third-order valence-electron chi connectivity index (χ3n) is 3.69. The molecule has 0 spiro atoms. The van der Waals surface area contributed by atoms with E-state index in [1.807, 2.05) is 6.07 Å². The molecular formula is C16H27N3O. The van der Waals surface area contributed by atoms with Gasteiger partial charge in [0.2, 0.25) is 5.88 Å². The molecule has 1 aliphatic carbocycles. The zero-order valence-electron chi connectivity index (χ0n) is 13.0. The van der Waals surface area contributed by atoms with Crippen LogP contribution in [0.2, 0.25) is 0 Å².